The topological polar surface area (TPSA) is 144 Å². The van der Waals surface area contributed by atoms with Crippen LogP contribution in [-0.4, -0.2) is 48.2 Å². The van der Waals surface area contributed by atoms with Gasteiger partial charge in [-0.25, -0.2) is 14.6 Å². The molecule has 0 atom stereocenters. The summed E-state index contributed by atoms with van der Waals surface area (Å²) < 4.78 is 92.6. The lowest BCUT2D eigenvalue weighted by Gasteiger charge is -2.38. The molecule has 4 amide bonds. The summed E-state index contributed by atoms with van der Waals surface area (Å²) in [5, 5.41) is 0. The third-order valence-corrected chi connectivity index (χ3v) is 11.6. The van der Waals surface area contributed by atoms with E-state index in [9.17, 15) is 55.1 Å². The molecule has 10 nitrogen and oxygen atoms in total. The van der Waals surface area contributed by atoms with Crippen molar-refractivity contribution in [2.45, 2.75) is 45.5 Å². The Labute approximate surface area is 365 Å². The molecule has 0 fully saturated rings. The number of nitrogens with zero attached hydrogens (tertiary/aromatic N) is 2. The zero-order chi connectivity index (χ0) is 47.1. The van der Waals surface area contributed by atoms with Crippen molar-refractivity contribution in [3.63, 3.8) is 0 Å². The molecule has 8 rings (SSSR count). The van der Waals surface area contributed by atoms with Gasteiger partial charge < -0.3 is 10.5 Å². The number of carbonyl (C=O) groups is 6. The maximum atomic E-state index is 14.5. The third kappa shape index (κ3) is 6.92. The highest BCUT2D eigenvalue weighted by Crippen LogP contribution is 2.56. The van der Waals surface area contributed by atoms with Gasteiger partial charge in [-0.2, -0.15) is 26.3 Å². The predicted octanol–water partition coefficient (Wildman–Crippen LogP) is 10.2. The van der Waals surface area contributed by atoms with Gasteiger partial charge in [0.1, 0.15) is 12.0 Å². The Bertz CT molecular complexity index is 3010. The van der Waals surface area contributed by atoms with E-state index in [2.05, 4.69) is 0 Å². The fraction of sp³-hybridized carbons (Fsp3) is 0.143. The fourth-order valence-electron chi connectivity index (χ4n) is 8.71. The van der Waals surface area contributed by atoms with E-state index >= 15 is 0 Å². The van der Waals surface area contributed by atoms with E-state index in [0.717, 1.165) is 40.1 Å². The van der Waals surface area contributed by atoms with Gasteiger partial charge in [-0.1, -0.05) is 30.3 Å². The molecule has 2 aliphatic rings. The van der Waals surface area contributed by atoms with Gasteiger partial charge in [0, 0.05) is 11.3 Å². The van der Waals surface area contributed by atoms with Gasteiger partial charge >= 0.3 is 18.3 Å². The highest BCUT2D eigenvalue weighted by atomic mass is 19.4. The minimum atomic E-state index is -5.85. The molecule has 6 aromatic carbocycles. The number of ether oxygens (including phenoxy) is 1. The highest BCUT2D eigenvalue weighted by Gasteiger charge is 2.72. The largest absolute Gasteiger partial charge is 0.423 e. The molecule has 65 heavy (non-hydrogen) atoms. The smallest absolute Gasteiger partial charge is 0.411 e. The molecule has 6 aromatic rings. The number of nitrogens with two attached hydrogens (primary N) is 1. The van der Waals surface area contributed by atoms with E-state index in [0.29, 0.717) is 69.6 Å². The van der Waals surface area contributed by atoms with Crippen LogP contribution in [-0.2, 0) is 5.41 Å². The zero-order valence-electron chi connectivity index (χ0n) is 34.6. The van der Waals surface area contributed by atoms with Crippen LogP contribution in [0, 0.1) is 27.7 Å². The van der Waals surface area contributed by atoms with E-state index in [-0.39, 0.29) is 44.8 Å². The first-order valence-electron chi connectivity index (χ1n) is 19.6. The summed E-state index contributed by atoms with van der Waals surface area (Å²) in [6, 6.07) is 20.8. The van der Waals surface area contributed by atoms with Gasteiger partial charge in [-0.05, 0) is 151 Å². The fourth-order valence-corrected chi connectivity index (χ4v) is 8.71. The Morgan fingerprint density at radius 1 is 0.538 bits per heavy atom. The van der Waals surface area contributed by atoms with E-state index in [1.54, 1.807) is 52.0 Å². The van der Waals surface area contributed by atoms with E-state index in [1.807, 2.05) is 0 Å². The summed E-state index contributed by atoms with van der Waals surface area (Å²) >= 11 is 0. The van der Waals surface area contributed by atoms with Crippen molar-refractivity contribution in [3.8, 4) is 16.9 Å². The van der Waals surface area contributed by atoms with Gasteiger partial charge in [0.25, 0.3) is 23.6 Å². The van der Waals surface area contributed by atoms with Gasteiger partial charge in [0.2, 0.25) is 5.41 Å². The Morgan fingerprint density at radius 2 is 0.938 bits per heavy atom. The number of esters is 1. The number of nitrogen functional groups attached to an aromatic ring is 1. The Hall–Kier alpha value is -7.88. The molecule has 2 N–H and O–H groups in total. The Morgan fingerprint density at radius 3 is 1.37 bits per heavy atom. The molecule has 0 unspecified atom stereocenters. The van der Waals surface area contributed by atoms with Crippen LogP contribution in [0.2, 0.25) is 0 Å². The summed E-state index contributed by atoms with van der Waals surface area (Å²) in [7, 11) is 0. The number of anilines is 3. The minimum Gasteiger partial charge on any atom is -0.423 e. The van der Waals surface area contributed by atoms with Gasteiger partial charge in [0.05, 0.1) is 39.2 Å². The molecule has 0 bridgehead atoms. The standard InChI is InChI=1S/C49H33F6N3O7/c1-24-17-30(18-25(2)40(24)57-42(60)36-15-5-28(23-59)21-38(36)44(57)62)31-19-26(3)41(27(4)20-31)58-43(61)37-16-6-29(22-39(37)45(58)63)46(64)65-35-13-9-33(10-14-35)47(48(50,51)52,49(53,54)55)32-7-11-34(56)12-8-32/h5-23H,56H2,1-4H3. The van der Waals surface area contributed by atoms with Crippen molar-refractivity contribution in [2.24, 2.45) is 0 Å². The third-order valence-electron chi connectivity index (χ3n) is 11.6. The van der Waals surface area contributed by atoms with Crippen LogP contribution in [0.1, 0.15) is 95.5 Å². The van der Waals surface area contributed by atoms with Crippen LogP contribution >= 0.6 is 0 Å². The van der Waals surface area contributed by atoms with E-state index in [4.69, 9.17) is 10.5 Å². The van der Waals surface area contributed by atoms with Crippen LogP contribution in [0.25, 0.3) is 11.1 Å². The summed E-state index contributed by atoms with van der Waals surface area (Å²) in [5.74, 6) is -4.03. The monoisotopic (exact) mass is 889 g/mol. The Balaban J connectivity index is 1.03. The maximum absolute atomic E-state index is 14.5. The summed E-state index contributed by atoms with van der Waals surface area (Å²) in [4.78, 5) is 81.2. The summed E-state index contributed by atoms with van der Waals surface area (Å²) in [5.41, 5.74) is 3.22. The molecular weight excluding hydrogens is 857 g/mol. The molecule has 0 saturated carbocycles. The van der Waals surface area contributed by atoms with Crippen molar-refractivity contribution >= 4 is 52.9 Å². The number of hydrogen-bond donors (Lipinski definition) is 1. The molecule has 0 saturated heterocycles. The number of carbonyl (C=O) groups excluding carboxylic acids is 6. The van der Waals surface area contributed by atoms with Crippen LogP contribution < -0.4 is 20.3 Å². The van der Waals surface area contributed by atoms with Crippen molar-refractivity contribution in [1.82, 2.24) is 0 Å². The lowest BCUT2D eigenvalue weighted by molar-refractivity contribution is -0.288. The molecule has 0 spiro atoms. The van der Waals surface area contributed by atoms with Crippen molar-refractivity contribution in [2.75, 3.05) is 15.5 Å². The number of alkyl halides is 6. The lowest BCUT2D eigenvalue weighted by Crippen LogP contribution is -2.54. The van der Waals surface area contributed by atoms with Crippen molar-refractivity contribution in [3.05, 3.63) is 176 Å². The lowest BCUT2D eigenvalue weighted by atomic mass is 9.73. The number of aryl methyl sites for hydroxylation is 4. The first-order valence-corrected chi connectivity index (χ1v) is 19.6. The molecule has 2 heterocycles. The maximum Gasteiger partial charge on any atom is 0.411 e. The predicted molar refractivity (Wildman–Crippen MR) is 227 cm³/mol. The second kappa shape index (κ2) is 15.4. The van der Waals surface area contributed by atoms with Crippen molar-refractivity contribution < 1.29 is 59.8 Å². The number of aldehydes is 1. The molecule has 328 valence electrons. The molecule has 0 aromatic heterocycles. The number of rotatable bonds is 8. The average molecular weight is 890 g/mol. The minimum absolute atomic E-state index is 0.0329. The SMILES string of the molecule is Cc1cc(-c2cc(C)c(N3C(=O)c4ccc(C(=O)Oc5ccc(C(c6ccc(N)cc6)(C(F)(F)F)C(F)(F)F)cc5)cc4C3=O)c(C)c2)cc(C)c1N1C(=O)c2ccc(C=O)cc2C1=O. The number of amides is 4. The molecule has 2 aliphatic heterocycles. The van der Waals surface area contributed by atoms with Crippen LogP contribution in [0.5, 0.6) is 5.75 Å². The molecular formula is C49H33F6N3O7. The van der Waals surface area contributed by atoms with Crippen LogP contribution in [0.15, 0.2) is 109 Å². The van der Waals surface area contributed by atoms with Gasteiger partial charge in [0.15, 0.2) is 0 Å². The number of benzene rings is 6. The highest BCUT2D eigenvalue weighted by molar-refractivity contribution is 6.36. The Kier molecular flexibility index (Phi) is 10.4. The number of imide groups is 2. The second-order valence-corrected chi connectivity index (χ2v) is 15.8. The van der Waals surface area contributed by atoms with Gasteiger partial charge in [-0.15, -0.1) is 0 Å². The quantitative estimate of drug-likeness (QED) is 0.0397. The summed E-state index contributed by atoms with van der Waals surface area (Å²) in [6.07, 6.45) is -11.1. The van der Waals surface area contributed by atoms with Crippen molar-refractivity contribution in [1.29, 1.82) is 0 Å². The average Bonchev–Trinajstić information content (AvgIpc) is 3.63. The number of fused-ring (bicyclic) bond motifs is 2. The summed E-state index contributed by atoms with van der Waals surface area (Å²) in [6.45, 7) is 6.91. The molecule has 0 radical (unpaired) electrons. The van der Waals surface area contributed by atoms with Crippen LogP contribution in [0.3, 0.4) is 0 Å². The molecule has 0 aliphatic carbocycles. The van der Waals surface area contributed by atoms with E-state index in [1.165, 1.54) is 30.3 Å². The first-order chi connectivity index (χ1) is 30.6. The number of halogens is 6. The zero-order valence-corrected chi connectivity index (χ0v) is 34.6. The van der Waals surface area contributed by atoms with Crippen LogP contribution in [0.4, 0.5) is 43.4 Å². The normalized spacial score (nSPS) is 13.9. The van der Waals surface area contributed by atoms with E-state index < -0.39 is 64.2 Å². The first kappa shape index (κ1) is 43.8. The molecule has 16 heteroatoms. The number of hydrogen-bond acceptors (Lipinski definition) is 8. The second-order valence-electron chi connectivity index (χ2n) is 15.8. The van der Waals surface area contributed by atoms with Gasteiger partial charge in [-0.3, -0.25) is 24.0 Å².